The second-order valence-corrected chi connectivity index (χ2v) is 2.52. The van der Waals surface area contributed by atoms with Crippen molar-refractivity contribution in [2.24, 2.45) is 0 Å². The zero-order valence-electron chi connectivity index (χ0n) is 6.63. The highest BCUT2D eigenvalue weighted by Gasteiger charge is 2.02. The molecule has 11 heavy (non-hydrogen) atoms. The van der Waals surface area contributed by atoms with Gasteiger partial charge in [0.25, 0.3) is 0 Å². The van der Waals surface area contributed by atoms with Crippen molar-refractivity contribution in [3.63, 3.8) is 0 Å². The molecule has 0 saturated heterocycles. The fraction of sp³-hybridized carbons (Fsp3) is 0.571. The lowest BCUT2D eigenvalue weighted by Crippen LogP contribution is -2.01. The van der Waals surface area contributed by atoms with Gasteiger partial charge in [-0.05, 0) is 24.4 Å². The Morgan fingerprint density at radius 3 is 2.27 bits per heavy atom. The summed E-state index contributed by atoms with van der Waals surface area (Å²) in [5.41, 5.74) is 1.89. The number of aryl methyl sites for hydroxylation is 2. The lowest BCUT2D eigenvalue weighted by atomic mass is 10.2. The molecule has 1 aromatic rings. The van der Waals surface area contributed by atoms with Gasteiger partial charge in [-0.1, -0.05) is 13.8 Å². The molecule has 0 bridgehead atoms. The molecular formula is C7H10ClN3. The van der Waals surface area contributed by atoms with Crippen LogP contribution in [0.5, 0.6) is 0 Å². The van der Waals surface area contributed by atoms with Crippen molar-refractivity contribution < 1.29 is 0 Å². The summed E-state index contributed by atoms with van der Waals surface area (Å²) in [5.74, 6) is 0. The van der Waals surface area contributed by atoms with Crippen LogP contribution in [0.2, 0.25) is 5.28 Å². The Labute approximate surface area is 70.8 Å². The molecule has 0 atom stereocenters. The summed E-state index contributed by atoms with van der Waals surface area (Å²) in [6, 6.07) is 0. The molecule has 0 radical (unpaired) electrons. The van der Waals surface area contributed by atoms with Crippen LogP contribution in [0, 0.1) is 0 Å². The maximum absolute atomic E-state index is 5.57. The van der Waals surface area contributed by atoms with Crippen molar-refractivity contribution in [3.8, 4) is 0 Å². The Hall–Kier alpha value is -0.700. The Bertz CT molecular complexity index is 249. The van der Waals surface area contributed by atoms with Gasteiger partial charge in [0.05, 0.1) is 11.4 Å². The SMILES string of the molecule is CCc1nnc(Cl)nc1CC. The standard InChI is InChI=1S/C7H10ClN3/c1-3-5-6(4-2)10-11-7(8)9-5/h3-4H2,1-2H3. The number of hydrogen-bond acceptors (Lipinski definition) is 3. The van der Waals surface area contributed by atoms with Crippen LogP contribution in [-0.4, -0.2) is 15.2 Å². The molecule has 4 heteroatoms. The molecule has 60 valence electrons. The quantitative estimate of drug-likeness (QED) is 0.679. The molecular weight excluding hydrogens is 162 g/mol. The zero-order valence-corrected chi connectivity index (χ0v) is 7.39. The number of rotatable bonds is 2. The second kappa shape index (κ2) is 3.62. The average molecular weight is 172 g/mol. The van der Waals surface area contributed by atoms with Gasteiger partial charge in [0.15, 0.2) is 0 Å². The van der Waals surface area contributed by atoms with Crippen LogP contribution in [0.25, 0.3) is 0 Å². The summed E-state index contributed by atoms with van der Waals surface area (Å²) >= 11 is 5.57. The van der Waals surface area contributed by atoms with Gasteiger partial charge in [-0.3, -0.25) is 0 Å². The Kier molecular flexibility index (Phi) is 2.76. The van der Waals surface area contributed by atoms with E-state index in [0.29, 0.717) is 0 Å². The van der Waals surface area contributed by atoms with E-state index < -0.39 is 0 Å². The van der Waals surface area contributed by atoms with Crippen LogP contribution in [0.15, 0.2) is 0 Å². The minimum Gasteiger partial charge on any atom is -0.220 e. The summed E-state index contributed by atoms with van der Waals surface area (Å²) in [5, 5.41) is 7.82. The topological polar surface area (TPSA) is 38.7 Å². The molecule has 0 aliphatic rings. The summed E-state index contributed by atoms with van der Waals surface area (Å²) in [6.45, 7) is 4.05. The molecule has 1 heterocycles. The summed E-state index contributed by atoms with van der Waals surface area (Å²) in [6.07, 6.45) is 1.72. The van der Waals surface area contributed by atoms with E-state index in [2.05, 4.69) is 15.2 Å². The van der Waals surface area contributed by atoms with Gasteiger partial charge >= 0.3 is 0 Å². The highest BCUT2D eigenvalue weighted by molar-refractivity contribution is 6.28. The van der Waals surface area contributed by atoms with E-state index >= 15 is 0 Å². The average Bonchev–Trinajstić information content (AvgIpc) is 2.04. The Morgan fingerprint density at radius 1 is 1.09 bits per heavy atom. The van der Waals surface area contributed by atoms with Crippen LogP contribution in [0.3, 0.4) is 0 Å². The van der Waals surface area contributed by atoms with Gasteiger partial charge < -0.3 is 0 Å². The molecule has 0 spiro atoms. The Balaban J connectivity index is 3.06. The fourth-order valence-electron chi connectivity index (χ4n) is 0.915. The van der Waals surface area contributed by atoms with Crippen LogP contribution in [-0.2, 0) is 12.8 Å². The molecule has 0 unspecified atom stereocenters. The third-order valence-corrected chi connectivity index (χ3v) is 1.64. The number of aromatic nitrogens is 3. The minimum atomic E-state index is 0.235. The van der Waals surface area contributed by atoms with E-state index in [0.717, 1.165) is 24.2 Å². The first kappa shape index (κ1) is 8.40. The molecule has 0 aliphatic carbocycles. The van der Waals surface area contributed by atoms with Crippen LogP contribution in [0.4, 0.5) is 0 Å². The van der Waals surface area contributed by atoms with Crippen molar-refractivity contribution in [3.05, 3.63) is 16.7 Å². The van der Waals surface area contributed by atoms with E-state index in [-0.39, 0.29) is 5.28 Å². The molecule has 0 fully saturated rings. The van der Waals surface area contributed by atoms with Crippen molar-refractivity contribution in [1.82, 2.24) is 15.2 Å². The van der Waals surface area contributed by atoms with Crippen LogP contribution in [0.1, 0.15) is 25.2 Å². The normalized spacial score (nSPS) is 10.1. The fourth-order valence-corrected chi connectivity index (χ4v) is 1.06. The van der Waals surface area contributed by atoms with E-state index in [4.69, 9.17) is 11.6 Å². The van der Waals surface area contributed by atoms with Crippen LogP contribution < -0.4 is 0 Å². The van der Waals surface area contributed by atoms with Gasteiger partial charge in [-0.25, -0.2) is 4.98 Å². The lowest BCUT2D eigenvalue weighted by molar-refractivity contribution is 0.822. The minimum absolute atomic E-state index is 0.235. The number of halogens is 1. The van der Waals surface area contributed by atoms with Gasteiger partial charge in [0.2, 0.25) is 5.28 Å². The van der Waals surface area contributed by atoms with Gasteiger partial charge in [0, 0.05) is 0 Å². The predicted molar refractivity (Wildman–Crippen MR) is 43.6 cm³/mol. The van der Waals surface area contributed by atoms with Crippen molar-refractivity contribution >= 4 is 11.6 Å². The largest absolute Gasteiger partial charge is 0.243 e. The second-order valence-electron chi connectivity index (χ2n) is 2.18. The van der Waals surface area contributed by atoms with E-state index in [1.54, 1.807) is 0 Å². The lowest BCUT2D eigenvalue weighted by Gasteiger charge is -2.00. The van der Waals surface area contributed by atoms with Crippen molar-refractivity contribution in [1.29, 1.82) is 0 Å². The number of nitrogens with zero attached hydrogens (tertiary/aromatic N) is 3. The molecule has 3 nitrogen and oxygen atoms in total. The van der Waals surface area contributed by atoms with E-state index in [9.17, 15) is 0 Å². The predicted octanol–water partition coefficient (Wildman–Crippen LogP) is 1.65. The highest BCUT2D eigenvalue weighted by Crippen LogP contribution is 2.06. The maximum atomic E-state index is 5.57. The Morgan fingerprint density at radius 2 is 1.73 bits per heavy atom. The van der Waals surface area contributed by atoms with Crippen molar-refractivity contribution in [2.75, 3.05) is 0 Å². The van der Waals surface area contributed by atoms with Gasteiger partial charge in [-0.15, -0.1) is 5.10 Å². The number of hydrogen-bond donors (Lipinski definition) is 0. The first-order valence-electron chi connectivity index (χ1n) is 3.65. The van der Waals surface area contributed by atoms with Crippen molar-refractivity contribution in [2.45, 2.75) is 26.7 Å². The molecule has 1 aromatic heterocycles. The third-order valence-electron chi connectivity index (χ3n) is 1.48. The first-order chi connectivity index (χ1) is 5.27. The third kappa shape index (κ3) is 1.87. The zero-order chi connectivity index (χ0) is 8.27. The first-order valence-corrected chi connectivity index (χ1v) is 4.03. The smallest absolute Gasteiger partial charge is 0.220 e. The van der Waals surface area contributed by atoms with Gasteiger partial charge in [0.1, 0.15) is 0 Å². The maximum Gasteiger partial charge on any atom is 0.243 e. The molecule has 1 rings (SSSR count). The summed E-state index contributed by atoms with van der Waals surface area (Å²) < 4.78 is 0. The highest BCUT2D eigenvalue weighted by atomic mass is 35.5. The molecule has 0 saturated carbocycles. The van der Waals surface area contributed by atoms with Crippen LogP contribution >= 0.6 is 11.6 Å². The molecule has 0 amide bonds. The molecule has 0 aliphatic heterocycles. The molecule has 0 aromatic carbocycles. The summed E-state index contributed by atoms with van der Waals surface area (Å²) in [7, 11) is 0. The summed E-state index contributed by atoms with van der Waals surface area (Å²) in [4.78, 5) is 4.05. The van der Waals surface area contributed by atoms with E-state index in [1.807, 2.05) is 13.8 Å². The molecule has 0 N–H and O–H groups in total. The van der Waals surface area contributed by atoms with Gasteiger partial charge in [-0.2, -0.15) is 5.10 Å². The monoisotopic (exact) mass is 171 g/mol. The van der Waals surface area contributed by atoms with E-state index in [1.165, 1.54) is 0 Å².